The van der Waals surface area contributed by atoms with Gasteiger partial charge in [-0.1, -0.05) is 11.8 Å². The molecule has 0 fully saturated rings. The second kappa shape index (κ2) is 8.04. The third-order valence-corrected chi connectivity index (χ3v) is 5.15. The number of fused-ring (bicyclic) bond motifs is 1. The van der Waals surface area contributed by atoms with E-state index in [1.165, 1.54) is 53.7 Å². The van der Waals surface area contributed by atoms with E-state index in [0.29, 0.717) is 5.69 Å². The largest absolute Gasteiger partial charge is 0.346 e. The minimum absolute atomic E-state index is 0.147. The van der Waals surface area contributed by atoms with Crippen LogP contribution in [0.5, 0.6) is 0 Å². The summed E-state index contributed by atoms with van der Waals surface area (Å²) >= 11 is 2.81. The van der Waals surface area contributed by atoms with Crippen molar-refractivity contribution in [3.8, 4) is 0 Å². The number of carbonyl (C=O) groups is 2. The SMILES string of the molecule is O=C(CSc1ncnc2ccsc12)NCC(=O)Nc1ccc(F)cc1. The van der Waals surface area contributed by atoms with Gasteiger partial charge in [0, 0.05) is 5.69 Å². The summed E-state index contributed by atoms with van der Waals surface area (Å²) in [6, 6.07) is 7.29. The molecule has 0 aliphatic rings. The summed E-state index contributed by atoms with van der Waals surface area (Å²) in [7, 11) is 0. The van der Waals surface area contributed by atoms with Crippen molar-refractivity contribution in [3.05, 3.63) is 47.9 Å². The van der Waals surface area contributed by atoms with E-state index in [9.17, 15) is 14.0 Å². The second-order valence-electron chi connectivity index (χ2n) is 4.93. The molecular weight excluding hydrogens is 363 g/mol. The minimum atomic E-state index is -0.382. The summed E-state index contributed by atoms with van der Waals surface area (Å²) in [5.74, 6) is -0.892. The Bertz CT molecular complexity index is 899. The van der Waals surface area contributed by atoms with Gasteiger partial charge < -0.3 is 10.6 Å². The molecule has 0 unspecified atom stereocenters. The van der Waals surface area contributed by atoms with Crippen LogP contribution < -0.4 is 10.6 Å². The number of rotatable bonds is 6. The lowest BCUT2D eigenvalue weighted by Gasteiger charge is -2.07. The molecule has 3 rings (SSSR count). The summed E-state index contributed by atoms with van der Waals surface area (Å²) in [4.78, 5) is 32.0. The Hall–Kier alpha value is -2.52. The summed E-state index contributed by atoms with van der Waals surface area (Å²) in [5, 5.41) is 7.77. The first-order valence-electron chi connectivity index (χ1n) is 7.25. The van der Waals surface area contributed by atoms with Gasteiger partial charge in [0.2, 0.25) is 11.8 Å². The van der Waals surface area contributed by atoms with Crippen molar-refractivity contribution in [2.75, 3.05) is 17.6 Å². The molecule has 0 aliphatic carbocycles. The zero-order valence-corrected chi connectivity index (χ0v) is 14.5. The van der Waals surface area contributed by atoms with Crippen molar-refractivity contribution in [3.63, 3.8) is 0 Å². The zero-order chi connectivity index (χ0) is 17.6. The van der Waals surface area contributed by atoms with Gasteiger partial charge in [0.1, 0.15) is 17.2 Å². The molecule has 0 bridgehead atoms. The first-order valence-corrected chi connectivity index (χ1v) is 9.11. The number of amides is 2. The van der Waals surface area contributed by atoms with Crippen LogP contribution in [0.3, 0.4) is 0 Å². The van der Waals surface area contributed by atoms with Crippen LogP contribution in [0.1, 0.15) is 0 Å². The summed E-state index contributed by atoms with van der Waals surface area (Å²) in [6.07, 6.45) is 1.46. The number of hydrogen-bond donors (Lipinski definition) is 2. The molecule has 3 aromatic rings. The summed E-state index contributed by atoms with van der Waals surface area (Å²) in [5.41, 5.74) is 1.32. The number of benzene rings is 1. The molecule has 0 saturated heterocycles. The molecule has 2 heterocycles. The standard InChI is InChI=1S/C16H13FN4O2S2/c17-10-1-3-11(4-2-10)21-13(22)7-18-14(23)8-25-16-15-12(5-6-24-15)19-9-20-16/h1-6,9H,7-8H2,(H,18,23)(H,21,22). The Labute approximate surface area is 150 Å². The van der Waals surface area contributed by atoms with Gasteiger partial charge in [-0.2, -0.15) is 0 Å². The Balaban J connectivity index is 1.45. The predicted molar refractivity (Wildman–Crippen MR) is 96.2 cm³/mol. The number of thioether (sulfide) groups is 1. The van der Waals surface area contributed by atoms with Gasteiger partial charge in [-0.25, -0.2) is 14.4 Å². The molecule has 2 amide bonds. The number of anilines is 1. The first-order chi connectivity index (χ1) is 12.1. The van der Waals surface area contributed by atoms with Crippen LogP contribution in [0.15, 0.2) is 47.1 Å². The number of hydrogen-bond acceptors (Lipinski definition) is 6. The van der Waals surface area contributed by atoms with E-state index in [4.69, 9.17) is 0 Å². The highest BCUT2D eigenvalue weighted by molar-refractivity contribution is 8.00. The van der Waals surface area contributed by atoms with E-state index in [2.05, 4.69) is 20.6 Å². The topological polar surface area (TPSA) is 84.0 Å². The molecule has 0 aliphatic heterocycles. The van der Waals surface area contributed by atoms with E-state index in [1.807, 2.05) is 11.4 Å². The van der Waals surface area contributed by atoms with Gasteiger partial charge in [0.15, 0.2) is 0 Å². The third kappa shape index (κ3) is 4.74. The van der Waals surface area contributed by atoms with Gasteiger partial charge >= 0.3 is 0 Å². The molecule has 0 saturated carbocycles. The molecule has 128 valence electrons. The Morgan fingerprint density at radius 1 is 1.12 bits per heavy atom. The van der Waals surface area contributed by atoms with Crippen molar-refractivity contribution in [1.82, 2.24) is 15.3 Å². The van der Waals surface area contributed by atoms with Crippen molar-refractivity contribution in [2.45, 2.75) is 5.03 Å². The molecule has 2 aromatic heterocycles. The number of thiophene rings is 1. The lowest BCUT2D eigenvalue weighted by molar-refractivity contribution is -0.122. The fraction of sp³-hybridized carbons (Fsp3) is 0.125. The maximum Gasteiger partial charge on any atom is 0.243 e. The zero-order valence-electron chi connectivity index (χ0n) is 12.9. The lowest BCUT2D eigenvalue weighted by atomic mass is 10.3. The predicted octanol–water partition coefficient (Wildman–Crippen LogP) is 2.68. The highest BCUT2D eigenvalue weighted by Crippen LogP contribution is 2.28. The van der Waals surface area contributed by atoms with E-state index >= 15 is 0 Å². The quantitative estimate of drug-likeness (QED) is 0.510. The highest BCUT2D eigenvalue weighted by atomic mass is 32.2. The summed E-state index contributed by atoms with van der Waals surface area (Å²) < 4.78 is 13.7. The molecule has 0 atom stereocenters. The number of carbonyl (C=O) groups excluding carboxylic acids is 2. The van der Waals surface area contributed by atoms with E-state index in [-0.39, 0.29) is 29.9 Å². The van der Waals surface area contributed by atoms with Crippen LogP contribution in [0.25, 0.3) is 10.2 Å². The van der Waals surface area contributed by atoms with Crippen molar-refractivity contribution in [1.29, 1.82) is 0 Å². The highest BCUT2D eigenvalue weighted by Gasteiger charge is 2.10. The normalized spacial score (nSPS) is 10.6. The first kappa shape index (κ1) is 17.3. The van der Waals surface area contributed by atoms with Crippen LogP contribution in [-0.4, -0.2) is 34.1 Å². The Kier molecular flexibility index (Phi) is 5.56. The number of nitrogens with one attached hydrogen (secondary N) is 2. The molecule has 0 radical (unpaired) electrons. The molecule has 6 nitrogen and oxygen atoms in total. The van der Waals surface area contributed by atoms with E-state index in [0.717, 1.165) is 15.2 Å². The van der Waals surface area contributed by atoms with Gasteiger partial charge in [0.25, 0.3) is 0 Å². The van der Waals surface area contributed by atoms with Crippen molar-refractivity contribution in [2.24, 2.45) is 0 Å². The molecule has 0 spiro atoms. The van der Waals surface area contributed by atoms with Crippen LogP contribution in [0.2, 0.25) is 0 Å². The lowest BCUT2D eigenvalue weighted by Crippen LogP contribution is -2.33. The number of aromatic nitrogens is 2. The molecule has 1 aromatic carbocycles. The average Bonchev–Trinajstić information content (AvgIpc) is 3.09. The van der Waals surface area contributed by atoms with Crippen LogP contribution in [0.4, 0.5) is 10.1 Å². The maximum absolute atomic E-state index is 12.8. The fourth-order valence-electron chi connectivity index (χ4n) is 1.97. The molecule has 25 heavy (non-hydrogen) atoms. The molecule has 2 N–H and O–H groups in total. The van der Waals surface area contributed by atoms with Crippen molar-refractivity contribution >= 4 is 50.8 Å². The van der Waals surface area contributed by atoms with Gasteiger partial charge in [0.05, 0.1) is 22.5 Å². The van der Waals surface area contributed by atoms with Crippen LogP contribution >= 0.6 is 23.1 Å². The summed E-state index contributed by atoms with van der Waals surface area (Å²) in [6.45, 7) is -0.158. The fourth-order valence-corrected chi connectivity index (χ4v) is 3.75. The van der Waals surface area contributed by atoms with E-state index < -0.39 is 0 Å². The maximum atomic E-state index is 12.8. The van der Waals surface area contributed by atoms with Gasteiger partial charge in [-0.15, -0.1) is 11.3 Å². The van der Waals surface area contributed by atoms with Gasteiger partial charge in [-0.05, 0) is 35.7 Å². The monoisotopic (exact) mass is 376 g/mol. The average molecular weight is 376 g/mol. The number of halogens is 1. The number of nitrogens with zero attached hydrogens (tertiary/aromatic N) is 2. The molecular formula is C16H13FN4O2S2. The third-order valence-electron chi connectivity index (χ3n) is 3.12. The van der Waals surface area contributed by atoms with Crippen LogP contribution in [-0.2, 0) is 9.59 Å². The van der Waals surface area contributed by atoms with Crippen LogP contribution in [0, 0.1) is 5.82 Å². The van der Waals surface area contributed by atoms with Gasteiger partial charge in [-0.3, -0.25) is 9.59 Å². The Morgan fingerprint density at radius 2 is 1.92 bits per heavy atom. The Morgan fingerprint density at radius 3 is 2.72 bits per heavy atom. The second-order valence-corrected chi connectivity index (χ2v) is 6.81. The smallest absolute Gasteiger partial charge is 0.243 e. The molecule has 9 heteroatoms. The van der Waals surface area contributed by atoms with E-state index in [1.54, 1.807) is 0 Å². The minimum Gasteiger partial charge on any atom is -0.346 e. The van der Waals surface area contributed by atoms with Crippen molar-refractivity contribution < 1.29 is 14.0 Å².